The van der Waals surface area contributed by atoms with Gasteiger partial charge in [-0.05, 0) is 0 Å². The van der Waals surface area contributed by atoms with Crippen molar-refractivity contribution in [3.05, 3.63) is 0 Å². The molecule has 0 aliphatic rings. The Balaban J connectivity index is 0. The molecule has 0 unspecified atom stereocenters. The predicted molar refractivity (Wildman–Crippen MR) is 86.1 cm³/mol. The van der Waals surface area contributed by atoms with Crippen molar-refractivity contribution in [2.24, 2.45) is 0 Å². The van der Waals surface area contributed by atoms with Gasteiger partial charge in [-0.25, -0.2) is 0 Å². The maximum absolute atomic E-state index is 0. The van der Waals surface area contributed by atoms with Crippen molar-refractivity contribution in [1.82, 2.24) is 0 Å². The van der Waals surface area contributed by atoms with Crippen LogP contribution in [0.2, 0.25) is 0 Å². The molecule has 0 radical (unpaired) electrons. The summed E-state index contributed by atoms with van der Waals surface area (Å²) in [4.78, 5) is 0. The number of rotatable bonds is 0. The van der Waals surface area contributed by atoms with Crippen LogP contribution in [0.15, 0.2) is 0 Å². The van der Waals surface area contributed by atoms with Gasteiger partial charge in [0.2, 0.25) is 0 Å². The Morgan fingerprint density at radius 2 is 0.308 bits per heavy atom. The van der Waals surface area contributed by atoms with E-state index in [1.807, 2.05) is 0 Å². The van der Waals surface area contributed by atoms with E-state index < -0.39 is 0 Å². The molecule has 0 N–H and O–H groups in total. The Hall–Kier alpha value is 8.19. The minimum absolute atomic E-state index is 0. The minimum atomic E-state index is 0. The molecule has 0 nitrogen and oxygen atoms in total. The fourth-order valence-corrected chi connectivity index (χ4v) is 0. The maximum atomic E-state index is 0. The molecule has 0 saturated carbocycles. The van der Waals surface area contributed by atoms with Gasteiger partial charge in [-0.1, -0.05) is 0 Å². The van der Waals surface area contributed by atoms with Crippen molar-refractivity contribution in [3.63, 3.8) is 0 Å². The van der Waals surface area contributed by atoms with E-state index in [0.29, 0.717) is 0 Å². The molecule has 56 valence electrons. The quantitative estimate of drug-likeness (QED) is 0.274. The normalized spacial score (nSPS) is 0. The van der Waals surface area contributed by atoms with E-state index in [-0.39, 0.29) is 273 Å². The van der Waals surface area contributed by atoms with Crippen LogP contribution in [0.5, 0.6) is 0 Å². The Labute approximate surface area is 265 Å². The standard InChI is InChI=1S/2Al.2Ba.2Mg.7S/q2*+3;4*+2;7*-2. The Kier molecular flexibility index (Phi) is 1100. The zero-order valence-corrected chi connectivity index (χ0v) is 26.6. The first kappa shape index (κ1) is 129. The van der Waals surface area contributed by atoms with E-state index in [0.717, 1.165) is 0 Å². The van der Waals surface area contributed by atoms with Crippen molar-refractivity contribution in [1.29, 1.82) is 0 Å². The molecular formula is Al2Ba2Mg2S7. The Morgan fingerprint density at radius 1 is 0.308 bits per heavy atom. The van der Waals surface area contributed by atoms with E-state index >= 15 is 0 Å². The van der Waals surface area contributed by atoms with Gasteiger partial charge in [0.05, 0.1) is 0 Å². The largest absolute Gasteiger partial charge is 3.00 e. The number of hydrogen-bond donors (Lipinski definition) is 0. The van der Waals surface area contributed by atoms with Gasteiger partial charge in [0.15, 0.2) is 0 Å². The van der Waals surface area contributed by atoms with Crippen molar-refractivity contribution >= 4 is 273 Å². The molecular weight excluding hydrogens is 602 g/mol. The average molecular weight is 602 g/mol. The molecule has 0 aliphatic carbocycles. The summed E-state index contributed by atoms with van der Waals surface area (Å²) in [5.74, 6) is 0. The molecule has 13 heteroatoms. The van der Waals surface area contributed by atoms with Gasteiger partial charge in [-0.2, -0.15) is 0 Å². The first-order chi connectivity index (χ1) is 0. The van der Waals surface area contributed by atoms with Crippen molar-refractivity contribution in [2.75, 3.05) is 0 Å². The maximum Gasteiger partial charge on any atom is 3.00 e. The molecule has 0 rings (SSSR count). The summed E-state index contributed by atoms with van der Waals surface area (Å²) < 4.78 is 0. The summed E-state index contributed by atoms with van der Waals surface area (Å²) in [6.45, 7) is 0. The summed E-state index contributed by atoms with van der Waals surface area (Å²) in [5.41, 5.74) is 0. The van der Waals surface area contributed by atoms with E-state index in [1.165, 1.54) is 0 Å². The van der Waals surface area contributed by atoms with Crippen LogP contribution in [0, 0.1) is 0 Å². The van der Waals surface area contributed by atoms with Gasteiger partial charge in [-0.15, -0.1) is 0 Å². The predicted octanol–water partition coefficient (Wildman–Crippen LogP) is -2.30. The third kappa shape index (κ3) is 99.6. The molecule has 0 aromatic heterocycles. The smallest absolute Gasteiger partial charge is 2.00 e. The summed E-state index contributed by atoms with van der Waals surface area (Å²) in [6.07, 6.45) is 0. The van der Waals surface area contributed by atoms with Crippen LogP contribution in [0.3, 0.4) is 0 Å². The molecule has 0 fully saturated rings. The van der Waals surface area contributed by atoms with Crippen LogP contribution in [0.25, 0.3) is 0 Å². The van der Waals surface area contributed by atoms with Crippen molar-refractivity contribution < 1.29 is 0 Å². The van der Waals surface area contributed by atoms with Crippen LogP contribution < -0.4 is 0 Å². The molecule has 0 amide bonds. The second-order valence-corrected chi connectivity index (χ2v) is 0. The third-order valence-corrected chi connectivity index (χ3v) is 0. The van der Waals surface area contributed by atoms with Gasteiger partial charge in [0, 0.05) is 0 Å². The Bertz CT molecular complexity index is 22.5. The molecule has 0 saturated heterocycles. The monoisotopic (exact) mass is 602 g/mol. The Morgan fingerprint density at radius 3 is 0.308 bits per heavy atom. The van der Waals surface area contributed by atoms with Gasteiger partial charge in [0.1, 0.15) is 0 Å². The SMILES string of the molecule is [Al+3].[Al+3].[Ba+2].[Ba+2].[Mg+2].[Mg+2].[S-2].[S-2].[S-2].[S-2].[S-2].[S-2].[S-2]. The van der Waals surface area contributed by atoms with E-state index in [1.54, 1.807) is 0 Å². The van der Waals surface area contributed by atoms with Crippen molar-refractivity contribution in [2.45, 2.75) is 0 Å². The van der Waals surface area contributed by atoms with Gasteiger partial charge in [0.25, 0.3) is 0 Å². The molecule has 13 heavy (non-hydrogen) atoms. The van der Waals surface area contributed by atoms with E-state index in [9.17, 15) is 0 Å². The average Bonchev–Trinajstić information content (AvgIpc) is 0. The molecule has 0 heterocycles. The van der Waals surface area contributed by atoms with Gasteiger partial charge in [-0.3, -0.25) is 0 Å². The third-order valence-electron chi connectivity index (χ3n) is 0. The molecule has 0 aromatic carbocycles. The minimum Gasteiger partial charge on any atom is -2.00 e. The topological polar surface area (TPSA) is 0 Å². The second-order valence-electron chi connectivity index (χ2n) is 0. The van der Waals surface area contributed by atoms with Gasteiger partial charge >= 0.3 is 179 Å². The molecule has 0 aliphatic heterocycles. The van der Waals surface area contributed by atoms with Crippen LogP contribution in [0.4, 0.5) is 0 Å². The number of hydrogen-bond acceptors (Lipinski definition) is 0. The fraction of sp³-hybridized carbons (Fsp3) is 0. The van der Waals surface area contributed by atoms with Gasteiger partial charge < -0.3 is 94.5 Å². The van der Waals surface area contributed by atoms with Crippen LogP contribution in [-0.4, -0.2) is 179 Å². The van der Waals surface area contributed by atoms with Crippen LogP contribution >= 0.6 is 0 Å². The molecule has 0 aromatic rings. The second kappa shape index (κ2) is 111. The van der Waals surface area contributed by atoms with E-state index in [2.05, 4.69) is 0 Å². The van der Waals surface area contributed by atoms with Crippen molar-refractivity contribution in [3.8, 4) is 0 Å². The summed E-state index contributed by atoms with van der Waals surface area (Å²) in [6, 6.07) is 0. The zero-order valence-electron chi connectivity index (χ0n) is 6.84. The van der Waals surface area contributed by atoms with E-state index in [4.69, 9.17) is 0 Å². The molecule has 0 spiro atoms. The summed E-state index contributed by atoms with van der Waals surface area (Å²) in [7, 11) is 0. The fourth-order valence-electron chi connectivity index (χ4n) is 0. The molecule has 0 bridgehead atoms. The molecule has 0 atom stereocenters. The zero-order chi connectivity index (χ0) is 0. The first-order valence-corrected chi connectivity index (χ1v) is 0. The summed E-state index contributed by atoms with van der Waals surface area (Å²) in [5, 5.41) is 0. The first-order valence-electron chi connectivity index (χ1n) is 0. The van der Waals surface area contributed by atoms with Crippen LogP contribution in [-0.2, 0) is 94.5 Å². The van der Waals surface area contributed by atoms with Crippen LogP contribution in [0.1, 0.15) is 0 Å². The summed E-state index contributed by atoms with van der Waals surface area (Å²) >= 11 is 0.